The van der Waals surface area contributed by atoms with Gasteiger partial charge in [0.15, 0.2) is 0 Å². The molecule has 0 aromatic carbocycles. The van der Waals surface area contributed by atoms with Gasteiger partial charge in [-0.1, -0.05) is 70.3 Å². The van der Waals surface area contributed by atoms with Crippen molar-refractivity contribution in [3.05, 3.63) is 11.0 Å². The second-order valence-corrected chi connectivity index (χ2v) is 6.23. The number of allylic oxidation sites excluding steroid dienone is 1. The molecule has 0 aliphatic rings. The van der Waals surface area contributed by atoms with Crippen LogP contribution in [0.25, 0.3) is 0 Å². The molecule has 0 unspecified atom stereocenters. The van der Waals surface area contributed by atoms with Crippen molar-refractivity contribution in [3.63, 3.8) is 0 Å². The topological polar surface area (TPSA) is 0 Å². The molecule has 102 valence electrons. The van der Waals surface area contributed by atoms with Crippen LogP contribution in [-0.2, 0) is 0 Å². The lowest BCUT2D eigenvalue weighted by Crippen LogP contribution is -1.83. The Bertz CT molecular complexity index is 168. The summed E-state index contributed by atoms with van der Waals surface area (Å²) in [7, 11) is 0. The predicted octanol–water partition coefficient (Wildman–Crippen LogP) is 6.56. The molecule has 0 bridgehead atoms. The fraction of sp³-hybridized carbons (Fsp3) is 0.875. The molecular formula is C16H32S. The van der Waals surface area contributed by atoms with Crippen LogP contribution in [0, 0.1) is 0 Å². The Morgan fingerprint density at radius 3 is 1.71 bits per heavy atom. The minimum absolute atomic E-state index is 1.31. The number of rotatable bonds is 12. The second kappa shape index (κ2) is 14.2. The van der Waals surface area contributed by atoms with Gasteiger partial charge in [0, 0.05) is 0 Å². The predicted molar refractivity (Wildman–Crippen MR) is 83.7 cm³/mol. The van der Waals surface area contributed by atoms with E-state index in [1.165, 1.54) is 75.5 Å². The summed E-state index contributed by atoms with van der Waals surface area (Å²) in [6.45, 7) is 6.63. The molecule has 0 spiro atoms. The van der Waals surface area contributed by atoms with Gasteiger partial charge in [0.25, 0.3) is 0 Å². The summed E-state index contributed by atoms with van der Waals surface area (Å²) in [5, 5.41) is 2.29. The van der Waals surface area contributed by atoms with E-state index < -0.39 is 0 Å². The molecule has 0 nitrogen and oxygen atoms in total. The third-order valence-electron chi connectivity index (χ3n) is 2.93. The van der Waals surface area contributed by atoms with E-state index in [9.17, 15) is 0 Å². The summed E-state index contributed by atoms with van der Waals surface area (Å²) in [6.07, 6.45) is 14.4. The Kier molecular flexibility index (Phi) is 14.2. The van der Waals surface area contributed by atoms with Crippen LogP contribution in [-0.4, -0.2) is 5.75 Å². The molecule has 0 aromatic rings. The Labute approximate surface area is 114 Å². The van der Waals surface area contributed by atoms with Crippen LogP contribution in [0.4, 0.5) is 0 Å². The van der Waals surface area contributed by atoms with Crippen LogP contribution < -0.4 is 0 Å². The molecule has 0 rings (SSSR count). The van der Waals surface area contributed by atoms with E-state index in [2.05, 4.69) is 26.2 Å². The normalized spacial score (nSPS) is 10.5. The molecule has 0 amide bonds. The van der Waals surface area contributed by atoms with Crippen molar-refractivity contribution in [1.29, 1.82) is 0 Å². The highest BCUT2D eigenvalue weighted by atomic mass is 32.2. The highest BCUT2D eigenvalue weighted by Crippen LogP contribution is 2.13. The minimum Gasteiger partial charge on any atom is -0.134 e. The summed E-state index contributed by atoms with van der Waals surface area (Å²) in [6, 6.07) is 0. The van der Waals surface area contributed by atoms with E-state index in [1.807, 2.05) is 11.8 Å². The molecule has 0 aliphatic heterocycles. The fourth-order valence-corrected chi connectivity index (χ4v) is 2.72. The average Bonchev–Trinajstić information content (AvgIpc) is 2.30. The smallest absolute Gasteiger partial charge is 0.00260 e. The molecule has 1 heteroatoms. The van der Waals surface area contributed by atoms with Crippen molar-refractivity contribution < 1.29 is 0 Å². The molecule has 0 atom stereocenters. The quantitative estimate of drug-likeness (QED) is 0.356. The lowest BCUT2D eigenvalue weighted by molar-refractivity contribution is 0.563. The van der Waals surface area contributed by atoms with Gasteiger partial charge in [-0.15, -0.1) is 11.8 Å². The Morgan fingerprint density at radius 1 is 0.765 bits per heavy atom. The number of unbranched alkanes of at least 4 members (excludes halogenated alkanes) is 9. The second-order valence-electron chi connectivity index (χ2n) is 5.25. The SMILES string of the molecule is CCCCCCCCCCCCSC=C(C)C. The van der Waals surface area contributed by atoms with E-state index in [0.29, 0.717) is 0 Å². The first-order chi connectivity index (χ1) is 8.27. The van der Waals surface area contributed by atoms with Gasteiger partial charge in [-0.3, -0.25) is 0 Å². The molecule has 0 saturated heterocycles. The maximum atomic E-state index is 2.29. The van der Waals surface area contributed by atoms with Gasteiger partial charge >= 0.3 is 0 Å². The van der Waals surface area contributed by atoms with E-state index in [1.54, 1.807) is 0 Å². The number of hydrogen-bond acceptors (Lipinski definition) is 1. The number of hydrogen-bond donors (Lipinski definition) is 0. The lowest BCUT2D eigenvalue weighted by atomic mass is 10.1. The third kappa shape index (κ3) is 16.1. The molecule has 0 fully saturated rings. The zero-order valence-corrected chi connectivity index (χ0v) is 13.1. The summed E-state index contributed by atoms with van der Waals surface area (Å²) in [4.78, 5) is 0. The Balaban J connectivity index is 2.96. The van der Waals surface area contributed by atoms with E-state index >= 15 is 0 Å². The van der Waals surface area contributed by atoms with Crippen LogP contribution in [0.1, 0.15) is 85.0 Å². The maximum Gasteiger partial charge on any atom is -0.00260 e. The molecule has 0 aromatic heterocycles. The molecule has 0 aliphatic carbocycles. The Hall–Kier alpha value is 0.0900. The summed E-state index contributed by atoms with van der Waals surface area (Å²) in [5.74, 6) is 1.31. The highest BCUT2D eigenvalue weighted by Gasteiger charge is 1.92. The highest BCUT2D eigenvalue weighted by molar-refractivity contribution is 8.02. The molecule has 0 saturated carbocycles. The largest absolute Gasteiger partial charge is 0.134 e. The van der Waals surface area contributed by atoms with E-state index in [0.717, 1.165) is 0 Å². The average molecular weight is 256 g/mol. The minimum atomic E-state index is 1.31. The van der Waals surface area contributed by atoms with E-state index in [-0.39, 0.29) is 0 Å². The van der Waals surface area contributed by atoms with Gasteiger partial charge in [0.1, 0.15) is 0 Å². The van der Waals surface area contributed by atoms with Crippen molar-refractivity contribution in [1.82, 2.24) is 0 Å². The van der Waals surface area contributed by atoms with Gasteiger partial charge in [-0.2, -0.15) is 0 Å². The van der Waals surface area contributed by atoms with Gasteiger partial charge in [0.05, 0.1) is 0 Å². The first kappa shape index (κ1) is 17.1. The van der Waals surface area contributed by atoms with Crippen LogP contribution in [0.2, 0.25) is 0 Å². The zero-order valence-electron chi connectivity index (χ0n) is 12.3. The zero-order chi connectivity index (χ0) is 12.8. The molecule has 0 N–H and O–H groups in total. The van der Waals surface area contributed by atoms with Gasteiger partial charge < -0.3 is 0 Å². The van der Waals surface area contributed by atoms with Crippen molar-refractivity contribution in [2.75, 3.05) is 5.75 Å². The monoisotopic (exact) mass is 256 g/mol. The van der Waals surface area contributed by atoms with Crippen molar-refractivity contribution in [2.24, 2.45) is 0 Å². The molecule has 0 radical (unpaired) electrons. The molecular weight excluding hydrogens is 224 g/mol. The van der Waals surface area contributed by atoms with Gasteiger partial charge in [0.2, 0.25) is 0 Å². The van der Waals surface area contributed by atoms with Crippen molar-refractivity contribution >= 4 is 11.8 Å². The third-order valence-corrected chi connectivity index (χ3v) is 4.10. The summed E-state index contributed by atoms with van der Waals surface area (Å²) >= 11 is 1.98. The van der Waals surface area contributed by atoms with Crippen LogP contribution >= 0.6 is 11.8 Å². The molecule has 17 heavy (non-hydrogen) atoms. The first-order valence-corrected chi connectivity index (χ1v) is 8.57. The maximum absolute atomic E-state index is 2.29. The van der Waals surface area contributed by atoms with Crippen molar-refractivity contribution in [3.8, 4) is 0 Å². The lowest BCUT2D eigenvalue weighted by Gasteiger charge is -2.01. The van der Waals surface area contributed by atoms with Crippen LogP contribution in [0.3, 0.4) is 0 Å². The van der Waals surface area contributed by atoms with Gasteiger partial charge in [-0.25, -0.2) is 0 Å². The summed E-state index contributed by atoms with van der Waals surface area (Å²) in [5.41, 5.74) is 1.43. The first-order valence-electron chi connectivity index (χ1n) is 7.52. The fourth-order valence-electron chi connectivity index (χ4n) is 1.90. The number of thioether (sulfide) groups is 1. The van der Waals surface area contributed by atoms with E-state index in [4.69, 9.17) is 0 Å². The standard InChI is InChI=1S/C16H32S/c1-4-5-6-7-8-9-10-11-12-13-14-17-15-16(2)3/h15H,4-14H2,1-3H3. The molecule has 0 heterocycles. The van der Waals surface area contributed by atoms with Crippen LogP contribution in [0.5, 0.6) is 0 Å². The van der Waals surface area contributed by atoms with Crippen molar-refractivity contribution in [2.45, 2.75) is 85.0 Å². The van der Waals surface area contributed by atoms with Crippen LogP contribution in [0.15, 0.2) is 11.0 Å². The summed E-state index contributed by atoms with van der Waals surface area (Å²) < 4.78 is 0. The van der Waals surface area contributed by atoms with Gasteiger partial charge in [-0.05, 0) is 31.4 Å². The Morgan fingerprint density at radius 2 is 1.24 bits per heavy atom.